The van der Waals surface area contributed by atoms with E-state index in [-0.39, 0.29) is 0 Å². The van der Waals surface area contributed by atoms with E-state index < -0.39 is 0 Å². The van der Waals surface area contributed by atoms with Crippen LogP contribution in [0.5, 0.6) is 0 Å². The summed E-state index contributed by atoms with van der Waals surface area (Å²) in [5.41, 5.74) is 5.64. The first-order chi connectivity index (χ1) is 10.2. The van der Waals surface area contributed by atoms with Crippen LogP contribution in [-0.4, -0.2) is 19.6 Å². The van der Waals surface area contributed by atoms with Gasteiger partial charge in [0.05, 0.1) is 0 Å². The summed E-state index contributed by atoms with van der Waals surface area (Å²) in [6, 6.07) is 18.4. The molecule has 21 heavy (non-hydrogen) atoms. The Labute approximate surface area is 127 Å². The van der Waals surface area contributed by atoms with Crippen molar-refractivity contribution in [2.75, 3.05) is 18.5 Å². The number of aryl methyl sites for hydroxylation is 1. The lowest BCUT2D eigenvalue weighted by Crippen LogP contribution is -2.37. The zero-order valence-corrected chi connectivity index (χ0v) is 13.1. The Hall–Kier alpha value is -1.80. The Bertz CT molecular complexity index is 620. The van der Waals surface area contributed by atoms with Crippen molar-refractivity contribution in [1.82, 2.24) is 5.32 Å². The molecule has 2 unspecified atom stereocenters. The first kappa shape index (κ1) is 14.2. The third kappa shape index (κ3) is 2.68. The van der Waals surface area contributed by atoms with Crippen molar-refractivity contribution in [3.63, 3.8) is 0 Å². The topological polar surface area (TPSA) is 15.3 Å². The van der Waals surface area contributed by atoms with E-state index in [0.717, 1.165) is 13.0 Å². The smallest absolute Gasteiger partial charge is 0.0498 e. The number of rotatable bonds is 4. The van der Waals surface area contributed by atoms with Crippen molar-refractivity contribution in [3.05, 3.63) is 65.2 Å². The van der Waals surface area contributed by atoms with Crippen molar-refractivity contribution in [2.24, 2.45) is 0 Å². The zero-order valence-electron chi connectivity index (χ0n) is 13.1. The molecule has 1 aliphatic heterocycles. The standard InChI is InChI=1S/C19H24N2/c1-14-8-4-6-10-17(14)18(20-3)13-21-15(2)12-16-9-5-7-11-19(16)21/h4-11,15,18,20H,12-13H2,1-3H3. The Morgan fingerprint density at radius 2 is 1.86 bits per heavy atom. The van der Waals surface area contributed by atoms with Gasteiger partial charge >= 0.3 is 0 Å². The quantitative estimate of drug-likeness (QED) is 0.918. The van der Waals surface area contributed by atoms with Gasteiger partial charge in [0.25, 0.3) is 0 Å². The highest BCUT2D eigenvalue weighted by molar-refractivity contribution is 5.59. The maximum atomic E-state index is 3.50. The fourth-order valence-electron chi connectivity index (χ4n) is 3.43. The molecule has 0 fully saturated rings. The van der Waals surface area contributed by atoms with E-state index >= 15 is 0 Å². The van der Waals surface area contributed by atoms with Crippen LogP contribution in [0.1, 0.15) is 29.7 Å². The van der Waals surface area contributed by atoms with E-state index in [1.807, 2.05) is 0 Å². The van der Waals surface area contributed by atoms with Crippen molar-refractivity contribution in [1.29, 1.82) is 0 Å². The van der Waals surface area contributed by atoms with Crippen molar-refractivity contribution < 1.29 is 0 Å². The Morgan fingerprint density at radius 3 is 2.62 bits per heavy atom. The van der Waals surface area contributed by atoms with Crippen molar-refractivity contribution in [3.8, 4) is 0 Å². The van der Waals surface area contributed by atoms with Crippen molar-refractivity contribution in [2.45, 2.75) is 32.4 Å². The van der Waals surface area contributed by atoms with Crippen LogP contribution in [0, 0.1) is 6.92 Å². The molecule has 0 spiro atoms. The van der Waals surface area contributed by atoms with Gasteiger partial charge in [-0.05, 0) is 50.1 Å². The molecule has 3 rings (SSSR count). The molecule has 2 nitrogen and oxygen atoms in total. The molecule has 2 aromatic carbocycles. The van der Waals surface area contributed by atoms with E-state index in [1.165, 1.54) is 22.4 Å². The molecule has 1 heterocycles. The molecule has 2 heteroatoms. The monoisotopic (exact) mass is 280 g/mol. The van der Waals surface area contributed by atoms with Crippen LogP contribution in [0.4, 0.5) is 5.69 Å². The van der Waals surface area contributed by atoms with Crippen LogP contribution in [0.2, 0.25) is 0 Å². The average Bonchev–Trinajstić information content (AvgIpc) is 2.81. The molecule has 1 N–H and O–H groups in total. The lowest BCUT2D eigenvalue weighted by Gasteiger charge is -2.30. The lowest BCUT2D eigenvalue weighted by molar-refractivity contribution is 0.544. The molecule has 0 bridgehead atoms. The SMILES string of the molecule is CNC(CN1c2ccccc2CC1C)c1ccccc1C. The number of likely N-dealkylation sites (N-methyl/N-ethyl adjacent to an activating group) is 1. The summed E-state index contributed by atoms with van der Waals surface area (Å²) in [7, 11) is 2.06. The Morgan fingerprint density at radius 1 is 1.14 bits per heavy atom. The van der Waals surface area contributed by atoms with Crippen LogP contribution in [0.15, 0.2) is 48.5 Å². The molecule has 1 aliphatic rings. The van der Waals surface area contributed by atoms with Gasteiger partial charge in [0.2, 0.25) is 0 Å². The summed E-state index contributed by atoms with van der Waals surface area (Å²) in [6.07, 6.45) is 1.15. The normalized spacial score (nSPS) is 18.6. The molecular weight excluding hydrogens is 256 g/mol. The Balaban J connectivity index is 1.87. The third-order valence-electron chi connectivity index (χ3n) is 4.64. The van der Waals surface area contributed by atoms with E-state index in [1.54, 1.807) is 0 Å². The summed E-state index contributed by atoms with van der Waals surface area (Å²) < 4.78 is 0. The van der Waals surface area contributed by atoms with Gasteiger partial charge in [-0.15, -0.1) is 0 Å². The zero-order chi connectivity index (χ0) is 14.8. The van der Waals surface area contributed by atoms with Crippen LogP contribution in [0.25, 0.3) is 0 Å². The molecule has 0 aliphatic carbocycles. The number of benzene rings is 2. The average molecular weight is 280 g/mol. The van der Waals surface area contributed by atoms with Crippen LogP contribution >= 0.6 is 0 Å². The third-order valence-corrected chi connectivity index (χ3v) is 4.64. The van der Waals surface area contributed by atoms with E-state index in [4.69, 9.17) is 0 Å². The number of para-hydroxylation sites is 1. The van der Waals surface area contributed by atoms with Crippen LogP contribution in [-0.2, 0) is 6.42 Å². The number of anilines is 1. The second-order valence-electron chi connectivity index (χ2n) is 6.03. The fourth-order valence-corrected chi connectivity index (χ4v) is 3.43. The number of fused-ring (bicyclic) bond motifs is 1. The summed E-state index contributed by atoms with van der Waals surface area (Å²) in [4.78, 5) is 2.54. The first-order valence-electron chi connectivity index (χ1n) is 7.78. The largest absolute Gasteiger partial charge is 0.366 e. The predicted octanol–water partition coefficient (Wildman–Crippen LogP) is 3.71. The summed E-state index contributed by atoms with van der Waals surface area (Å²) in [5.74, 6) is 0. The molecule has 0 aromatic heterocycles. The van der Waals surface area contributed by atoms with E-state index in [2.05, 4.69) is 79.6 Å². The molecule has 0 saturated carbocycles. The van der Waals surface area contributed by atoms with Gasteiger partial charge in [0.1, 0.15) is 0 Å². The van der Waals surface area contributed by atoms with Gasteiger partial charge in [-0.1, -0.05) is 42.5 Å². The van der Waals surface area contributed by atoms with Crippen LogP contribution in [0.3, 0.4) is 0 Å². The molecule has 110 valence electrons. The van der Waals surface area contributed by atoms with Gasteiger partial charge in [-0.25, -0.2) is 0 Å². The minimum atomic E-state index is 0.361. The minimum Gasteiger partial charge on any atom is -0.366 e. The van der Waals surface area contributed by atoms with Gasteiger partial charge in [-0.2, -0.15) is 0 Å². The van der Waals surface area contributed by atoms with Gasteiger partial charge < -0.3 is 10.2 Å². The minimum absolute atomic E-state index is 0.361. The summed E-state index contributed by atoms with van der Waals surface area (Å²) in [5, 5.41) is 3.50. The maximum Gasteiger partial charge on any atom is 0.0498 e. The highest BCUT2D eigenvalue weighted by Crippen LogP contribution is 2.33. The maximum absolute atomic E-state index is 3.50. The predicted molar refractivity (Wildman–Crippen MR) is 89.9 cm³/mol. The number of nitrogens with zero attached hydrogens (tertiary/aromatic N) is 1. The fraction of sp³-hybridized carbons (Fsp3) is 0.368. The van der Waals surface area contributed by atoms with E-state index in [9.17, 15) is 0 Å². The van der Waals surface area contributed by atoms with Gasteiger partial charge in [-0.3, -0.25) is 0 Å². The second-order valence-corrected chi connectivity index (χ2v) is 6.03. The molecular formula is C19H24N2. The Kier molecular flexibility index (Phi) is 3.98. The lowest BCUT2D eigenvalue weighted by atomic mass is 10.0. The highest BCUT2D eigenvalue weighted by Gasteiger charge is 2.27. The second kappa shape index (κ2) is 5.90. The van der Waals surface area contributed by atoms with Gasteiger partial charge in [0, 0.05) is 24.3 Å². The molecule has 2 aromatic rings. The number of hydrogen-bond donors (Lipinski definition) is 1. The first-order valence-corrected chi connectivity index (χ1v) is 7.78. The molecule has 2 atom stereocenters. The van der Waals surface area contributed by atoms with Crippen LogP contribution < -0.4 is 10.2 Å². The molecule has 0 amide bonds. The summed E-state index contributed by atoms with van der Waals surface area (Å²) in [6.45, 7) is 5.53. The highest BCUT2D eigenvalue weighted by atomic mass is 15.2. The molecule has 0 saturated heterocycles. The number of nitrogens with one attached hydrogen (secondary N) is 1. The summed E-state index contributed by atoms with van der Waals surface area (Å²) >= 11 is 0. The van der Waals surface area contributed by atoms with Gasteiger partial charge in [0.15, 0.2) is 0 Å². The number of hydrogen-bond acceptors (Lipinski definition) is 2. The molecule has 0 radical (unpaired) electrons. The van der Waals surface area contributed by atoms with Crippen molar-refractivity contribution >= 4 is 5.69 Å². The van der Waals surface area contributed by atoms with E-state index in [0.29, 0.717) is 12.1 Å².